The highest BCUT2D eigenvalue weighted by atomic mass is 79.9. The number of carbonyl (C=O) groups is 1. The molecule has 1 saturated carbocycles. The van der Waals surface area contributed by atoms with Crippen molar-refractivity contribution in [3.8, 4) is 0 Å². The van der Waals surface area contributed by atoms with E-state index in [2.05, 4.69) is 35.1 Å². The molecule has 2 rings (SSSR count). The summed E-state index contributed by atoms with van der Waals surface area (Å²) in [5, 5.41) is 12.9. The highest BCUT2D eigenvalue weighted by Gasteiger charge is 2.44. The van der Waals surface area contributed by atoms with E-state index in [-0.39, 0.29) is 0 Å². The molecule has 1 aliphatic carbocycles. The van der Waals surface area contributed by atoms with Gasteiger partial charge in [-0.2, -0.15) is 0 Å². The Bertz CT molecular complexity index is 448. The molecule has 0 heterocycles. The molecular formula is C15H20BrNO2. The number of aliphatic carboxylic acids is 1. The number of nitrogens with one attached hydrogen (secondary N) is 1. The number of carboxylic acid groups (broad SMARTS) is 1. The lowest BCUT2D eigenvalue weighted by molar-refractivity contribution is -0.144. The summed E-state index contributed by atoms with van der Waals surface area (Å²) in [6.45, 7) is 4.27. The third-order valence-corrected chi connectivity index (χ3v) is 4.36. The van der Waals surface area contributed by atoms with Crippen LogP contribution < -0.4 is 5.32 Å². The van der Waals surface area contributed by atoms with Crippen LogP contribution in [0, 0.1) is 11.8 Å². The maximum atomic E-state index is 11.8. The molecule has 0 bridgehead atoms. The van der Waals surface area contributed by atoms with Gasteiger partial charge in [-0.15, -0.1) is 0 Å². The standard InChI is InChI=1S/C15H20BrNO2/c1-10-7-11(2)9-15(8-10,14(18)19)17-13-5-3-12(16)4-6-13/h3-6,10-11,17H,7-9H2,1-2H3,(H,18,19). The Balaban J connectivity index is 2.24. The monoisotopic (exact) mass is 325 g/mol. The van der Waals surface area contributed by atoms with E-state index >= 15 is 0 Å². The molecule has 0 aliphatic heterocycles. The van der Waals surface area contributed by atoms with Crippen LogP contribution in [0.4, 0.5) is 5.69 Å². The van der Waals surface area contributed by atoms with E-state index in [1.165, 1.54) is 0 Å². The van der Waals surface area contributed by atoms with Gasteiger partial charge >= 0.3 is 5.97 Å². The molecule has 1 aromatic rings. The maximum absolute atomic E-state index is 11.8. The molecule has 0 saturated heterocycles. The fourth-order valence-electron chi connectivity index (χ4n) is 3.27. The predicted molar refractivity (Wildman–Crippen MR) is 80.3 cm³/mol. The molecule has 0 radical (unpaired) electrons. The summed E-state index contributed by atoms with van der Waals surface area (Å²) >= 11 is 3.39. The summed E-state index contributed by atoms with van der Waals surface area (Å²) in [5.74, 6) is 0.124. The van der Waals surface area contributed by atoms with Gasteiger partial charge in [0.1, 0.15) is 5.54 Å². The molecule has 4 heteroatoms. The number of anilines is 1. The molecule has 0 aromatic heterocycles. The van der Waals surface area contributed by atoms with E-state index in [1.54, 1.807) is 0 Å². The molecule has 3 nitrogen and oxygen atoms in total. The average molecular weight is 326 g/mol. The van der Waals surface area contributed by atoms with Crippen LogP contribution in [0.3, 0.4) is 0 Å². The zero-order valence-electron chi connectivity index (χ0n) is 11.3. The summed E-state index contributed by atoms with van der Waals surface area (Å²) in [6, 6.07) is 7.68. The summed E-state index contributed by atoms with van der Waals surface area (Å²) in [5.41, 5.74) is 0.0390. The number of hydrogen-bond donors (Lipinski definition) is 2. The van der Waals surface area contributed by atoms with Crippen LogP contribution >= 0.6 is 15.9 Å². The zero-order valence-corrected chi connectivity index (χ0v) is 12.9. The first-order chi connectivity index (χ1) is 8.91. The Hall–Kier alpha value is -1.03. The van der Waals surface area contributed by atoms with E-state index in [0.29, 0.717) is 24.7 Å². The molecular weight excluding hydrogens is 306 g/mol. The van der Waals surface area contributed by atoms with Crippen molar-refractivity contribution in [2.45, 2.75) is 38.6 Å². The van der Waals surface area contributed by atoms with Gasteiger partial charge in [0.05, 0.1) is 0 Å². The minimum atomic E-state index is -0.828. The van der Waals surface area contributed by atoms with Gasteiger partial charge in [0.2, 0.25) is 0 Å². The van der Waals surface area contributed by atoms with Crippen molar-refractivity contribution in [2.24, 2.45) is 11.8 Å². The minimum absolute atomic E-state index is 0.433. The Morgan fingerprint density at radius 2 is 1.79 bits per heavy atom. The topological polar surface area (TPSA) is 49.3 Å². The van der Waals surface area contributed by atoms with Crippen molar-refractivity contribution >= 4 is 27.6 Å². The SMILES string of the molecule is CC1CC(C)CC(Nc2ccc(Br)cc2)(C(=O)O)C1. The van der Waals surface area contributed by atoms with E-state index in [0.717, 1.165) is 16.6 Å². The van der Waals surface area contributed by atoms with Crippen molar-refractivity contribution in [1.29, 1.82) is 0 Å². The fourth-order valence-corrected chi connectivity index (χ4v) is 3.53. The first-order valence-electron chi connectivity index (χ1n) is 6.68. The lowest BCUT2D eigenvalue weighted by atomic mass is 9.71. The van der Waals surface area contributed by atoms with Crippen molar-refractivity contribution in [3.05, 3.63) is 28.7 Å². The Morgan fingerprint density at radius 3 is 2.26 bits per heavy atom. The molecule has 2 N–H and O–H groups in total. The lowest BCUT2D eigenvalue weighted by Crippen LogP contribution is -2.51. The van der Waals surface area contributed by atoms with Gasteiger partial charge in [-0.05, 0) is 55.4 Å². The van der Waals surface area contributed by atoms with Crippen LogP contribution in [0.5, 0.6) is 0 Å². The first kappa shape index (κ1) is 14.4. The smallest absolute Gasteiger partial charge is 0.329 e. The molecule has 1 aromatic carbocycles. The van der Waals surface area contributed by atoms with Gasteiger partial charge in [0, 0.05) is 10.2 Å². The lowest BCUT2D eigenvalue weighted by Gasteiger charge is -2.40. The average Bonchev–Trinajstić information content (AvgIpc) is 2.30. The molecule has 104 valence electrons. The van der Waals surface area contributed by atoms with E-state index in [4.69, 9.17) is 0 Å². The normalized spacial score (nSPS) is 30.9. The number of carboxylic acids is 1. The Labute approximate surface area is 122 Å². The molecule has 0 amide bonds. The maximum Gasteiger partial charge on any atom is 0.329 e. The quantitative estimate of drug-likeness (QED) is 0.878. The van der Waals surface area contributed by atoms with Gasteiger partial charge in [-0.25, -0.2) is 4.79 Å². The number of halogens is 1. The zero-order chi connectivity index (χ0) is 14.0. The summed E-state index contributed by atoms with van der Waals surface area (Å²) in [4.78, 5) is 11.8. The van der Waals surface area contributed by atoms with Crippen LogP contribution in [0.1, 0.15) is 33.1 Å². The van der Waals surface area contributed by atoms with Gasteiger partial charge in [0.15, 0.2) is 0 Å². The molecule has 2 atom stereocenters. The third kappa shape index (κ3) is 3.30. The summed E-state index contributed by atoms with van der Waals surface area (Å²) in [6.07, 6.45) is 2.47. The molecule has 1 fully saturated rings. The minimum Gasteiger partial charge on any atom is -0.480 e. The second kappa shape index (κ2) is 5.53. The van der Waals surface area contributed by atoms with Crippen LogP contribution in [-0.2, 0) is 4.79 Å². The van der Waals surface area contributed by atoms with Crippen molar-refractivity contribution in [1.82, 2.24) is 0 Å². The highest BCUT2D eigenvalue weighted by Crippen LogP contribution is 2.38. The second-order valence-corrected chi connectivity index (χ2v) is 6.79. The highest BCUT2D eigenvalue weighted by molar-refractivity contribution is 9.10. The van der Waals surface area contributed by atoms with Gasteiger partial charge < -0.3 is 10.4 Å². The van der Waals surface area contributed by atoms with Crippen LogP contribution in [-0.4, -0.2) is 16.6 Å². The van der Waals surface area contributed by atoms with Crippen LogP contribution in [0.2, 0.25) is 0 Å². The number of hydrogen-bond acceptors (Lipinski definition) is 2. The first-order valence-corrected chi connectivity index (χ1v) is 7.48. The van der Waals surface area contributed by atoms with E-state index in [1.807, 2.05) is 24.3 Å². The number of benzene rings is 1. The van der Waals surface area contributed by atoms with Gasteiger partial charge in [0.25, 0.3) is 0 Å². The van der Waals surface area contributed by atoms with Crippen molar-refractivity contribution < 1.29 is 9.90 Å². The second-order valence-electron chi connectivity index (χ2n) is 5.87. The third-order valence-electron chi connectivity index (χ3n) is 3.84. The molecule has 1 aliphatic rings. The molecule has 0 spiro atoms. The summed E-state index contributed by atoms with van der Waals surface area (Å²) < 4.78 is 0.993. The fraction of sp³-hybridized carbons (Fsp3) is 0.533. The van der Waals surface area contributed by atoms with Crippen LogP contribution in [0.25, 0.3) is 0 Å². The van der Waals surface area contributed by atoms with E-state index in [9.17, 15) is 9.90 Å². The predicted octanol–water partition coefficient (Wildman–Crippen LogP) is 4.14. The Kier molecular flexibility index (Phi) is 4.19. The number of rotatable bonds is 3. The Morgan fingerprint density at radius 1 is 1.26 bits per heavy atom. The molecule has 19 heavy (non-hydrogen) atoms. The van der Waals surface area contributed by atoms with Crippen LogP contribution in [0.15, 0.2) is 28.7 Å². The van der Waals surface area contributed by atoms with Gasteiger partial charge in [-0.3, -0.25) is 0 Å². The van der Waals surface area contributed by atoms with E-state index < -0.39 is 11.5 Å². The summed E-state index contributed by atoms with van der Waals surface area (Å²) in [7, 11) is 0. The largest absolute Gasteiger partial charge is 0.480 e. The van der Waals surface area contributed by atoms with Crippen molar-refractivity contribution in [3.63, 3.8) is 0 Å². The molecule has 2 unspecified atom stereocenters. The van der Waals surface area contributed by atoms with Crippen molar-refractivity contribution in [2.75, 3.05) is 5.32 Å². The van der Waals surface area contributed by atoms with Gasteiger partial charge in [-0.1, -0.05) is 29.8 Å².